The van der Waals surface area contributed by atoms with Crippen molar-refractivity contribution in [2.75, 3.05) is 0 Å². The molecular formula is C39H162N2. The van der Waals surface area contributed by atoms with Gasteiger partial charge < -0.3 is 12.3 Å². The fourth-order valence-electron chi connectivity index (χ4n) is 0. The molecule has 0 aliphatic rings. The van der Waals surface area contributed by atoms with Crippen molar-refractivity contribution < 1.29 is 2.82 Å². The van der Waals surface area contributed by atoms with E-state index >= 15 is 0 Å². The Kier molecular flexibility index (Phi) is 4080000000. The van der Waals surface area contributed by atoms with Crippen molar-refractivity contribution in [3.05, 3.63) is 0 Å². The second kappa shape index (κ2) is 9450000. The molecule has 0 fully saturated rings. The summed E-state index contributed by atoms with van der Waals surface area (Å²) in [7, 11) is 0. The highest BCUT2D eigenvalue weighted by Crippen LogP contribution is 0.182. The fraction of sp³-hybridized carbons (Fsp3) is 1.00. The van der Waals surface area contributed by atoms with E-state index in [9.17, 15) is 0 Å². The number of rotatable bonds is 0. The van der Waals surface area contributed by atoms with E-state index in [4.69, 9.17) is 2.82 Å². The molecule has 0 spiro atoms. The molecule has 0 heterocycles. The lowest BCUT2D eigenvalue weighted by Crippen LogP contribution is -0.482. The van der Waals surface area contributed by atoms with Crippen molar-refractivity contribution in [3.8, 4) is 0 Å². The maximum atomic E-state index is 5.25. The Hall–Kier alpha value is -0.0800. The second-order valence-electron chi connectivity index (χ2n) is 0. The van der Waals surface area contributed by atoms with Crippen molar-refractivity contribution in [3.63, 3.8) is 0 Å². The van der Waals surface area contributed by atoms with Crippen LogP contribution in [-0.4, -0.2) is 0 Å². The van der Waals surface area contributed by atoms with Gasteiger partial charge in [0.1, 0.15) is 2.82 Å². The smallest absolute Gasteiger partial charge is 0.115 e. The van der Waals surface area contributed by atoms with Gasteiger partial charge in [0.25, 0.3) is 0 Å². The third kappa shape index (κ3) is 8970000. The van der Waals surface area contributed by atoms with Gasteiger partial charge in [-0.25, -0.2) is 0 Å². The zero-order valence-electron chi connectivity index (χ0n) is 3.15. The van der Waals surface area contributed by atoms with E-state index in [1.807, 2.05) is 0 Å². The van der Waals surface area contributed by atoms with E-state index in [1.165, 1.54) is 0 Å². The second-order valence-corrected chi connectivity index (χ2v) is 0. The van der Waals surface area contributed by atoms with Crippen LogP contribution >= 0.6 is 0 Å². The molecule has 0 saturated carbocycles. The Balaban J connectivity index is -0.0000000000250. The fourth-order valence-corrected chi connectivity index (χ4v) is 0. The molecule has 0 radical (unpaired) electrons. The largest absolute Gasteiger partial charge is 0.344 e. The van der Waals surface area contributed by atoms with Crippen molar-refractivity contribution in [2.24, 2.45) is 0 Å². The third-order valence-corrected chi connectivity index (χ3v) is 0. The molecular weight excluding hydrogens is 496 g/mol. The van der Waals surface area contributed by atoms with E-state index < -0.39 is 0 Å². The highest BCUT2D eigenvalue weighted by atomic mass is 14.0. The van der Waals surface area contributed by atoms with Gasteiger partial charge in [-0.2, -0.15) is 0 Å². The summed E-state index contributed by atoms with van der Waals surface area (Å²) in [6.45, 7) is 0. The molecule has 2 nitrogen and oxygen atoms in total. The van der Waals surface area contributed by atoms with Gasteiger partial charge in [0.05, 0.1) is 0 Å². The summed E-state index contributed by atoms with van der Waals surface area (Å²) in [4.78, 5) is 0. The molecule has 0 atom stereocenters. The Morgan fingerprint density at radius 1 is 0.0976 bits per heavy atom. The lowest BCUT2D eigenvalue weighted by Gasteiger charge is -0.345. The molecule has 328 valence electrons. The van der Waals surface area contributed by atoms with E-state index in [-0.39, 0.29) is 290 Å². The lowest BCUT2D eigenvalue weighted by molar-refractivity contribution is 2.13. The zero-order chi connectivity index (χ0) is 4.00. The third-order valence-electron chi connectivity index (χ3n) is 0. The van der Waals surface area contributed by atoms with E-state index in [0.717, 1.165) is 0 Å². The highest BCUT2D eigenvalue weighted by Gasteiger charge is -0.0393. The molecule has 0 aromatic rings. The van der Waals surface area contributed by atoms with Crippen LogP contribution in [0.4, 0.5) is 0 Å². The van der Waals surface area contributed by atoms with E-state index in [2.05, 4.69) is 12.3 Å². The first-order valence-electron chi connectivity index (χ1n) is 1.15. The molecule has 0 amide bonds. The summed E-state index contributed by atoms with van der Waals surface area (Å²) in [5, 5.41) is 0. The molecule has 0 aromatic carbocycles. The molecule has 0 aliphatic carbocycles. The molecule has 0 saturated heterocycles. The number of hydrogen-bond donors (Lipinski definition) is 2. The number of hydrogen-bond acceptors (Lipinski definition) is 2. The van der Waals surface area contributed by atoms with Crippen LogP contribution in [0.3, 0.4) is 0 Å². The summed E-state index contributed by atoms with van der Waals surface area (Å²) in [6, 6.07) is 0. The molecule has 2 heteroatoms. The van der Waals surface area contributed by atoms with Gasteiger partial charge in [0, 0.05) is 0 Å². The van der Waals surface area contributed by atoms with Gasteiger partial charge in [0.2, 0.25) is 0 Å². The summed E-state index contributed by atoms with van der Waals surface area (Å²) in [5.41, 5.74) is 0. The maximum absolute atomic E-state index is 5.25. The van der Waals surface area contributed by atoms with E-state index in [1.54, 1.807) is 0 Å². The van der Waals surface area contributed by atoms with Crippen LogP contribution in [0.2, 0.25) is 2.82 Å². The van der Waals surface area contributed by atoms with Crippen LogP contribution in [0, 0.1) is 0 Å². The molecule has 0 rings (SSSR count). The van der Waals surface area contributed by atoms with Crippen molar-refractivity contribution in [2.45, 2.75) is 290 Å². The first kappa shape index (κ1) is 17700. The standard InChI is InChI=1S/39CH4.2H3N/h39*1H4;2*1H3/i/hD2. The summed E-state index contributed by atoms with van der Waals surface area (Å²) >= 11 is 0. The molecule has 41 heavy (non-hydrogen) atoms. The van der Waals surface area contributed by atoms with Crippen LogP contribution in [0.15, 0.2) is 0 Å². The van der Waals surface area contributed by atoms with Crippen LogP contribution < -0.4 is 12.3 Å². The van der Waals surface area contributed by atoms with Crippen LogP contribution in [0.1, 0.15) is 290 Å². The van der Waals surface area contributed by atoms with Crippen molar-refractivity contribution >= 4 is 0 Å². The summed E-state index contributed by atoms with van der Waals surface area (Å²) in [6.07, 6.45) is 7.50. The Morgan fingerprint density at radius 2 is 0.0976 bits per heavy atom. The average molecular weight is 662 g/mol. The Labute approximate surface area is 304 Å². The molecule has 6 N–H and O–H groups in total. The van der Waals surface area contributed by atoms with Gasteiger partial charge in [0.15, 0.2) is 0 Å². The van der Waals surface area contributed by atoms with Gasteiger partial charge in [-0.05, 0) is 0 Å². The zero-order valence-corrected chi connectivity index (χ0v) is 1.15. The molecule has 0 unspecified atom stereocenters. The normalized spacial score (nSPS) is 0.341. The quantitative estimate of drug-likeness (QED) is 0.271. The van der Waals surface area contributed by atoms with Crippen LogP contribution in [0.5, 0.6) is 0 Å². The molecule has 0 aliphatic heterocycles. The minimum atomic E-state index is 0. The minimum Gasteiger partial charge on any atom is -0.344 e. The first-order chi connectivity index (χ1) is 2.00. The molecule has 0 bridgehead atoms. The average Bonchev–Trinajstić information content (AvgIpc) is 1.50. The summed E-state index contributed by atoms with van der Waals surface area (Å²) < 4.78 is 10.5. The van der Waals surface area contributed by atoms with Gasteiger partial charge in [-0.15, -0.1) is 0 Å². The van der Waals surface area contributed by atoms with Crippen LogP contribution in [-0.2, 0) is 0 Å². The first-order valence-corrected chi connectivity index (χ1v) is 0. The minimum absolute atomic E-state index is 0. The van der Waals surface area contributed by atoms with Gasteiger partial charge in [-0.3, -0.25) is 0 Å². The van der Waals surface area contributed by atoms with E-state index in [0.29, 0.717) is 0 Å². The maximum Gasteiger partial charge on any atom is 0.115 e. The van der Waals surface area contributed by atoms with Crippen LogP contribution in [0.25, 0.3) is 0 Å². The Bertz CT molecular complexity index is 23.2. The van der Waals surface area contributed by atoms with Gasteiger partial charge in [-0.1, -0.05) is 290 Å². The highest BCUT2D eigenvalue weighted by molar-refractivity contribution is 2.54. The predicted molar refractivity (Wildman–Crippen MR) is 273 cm³/mol. The van der Waals surface area contributed by atoms with Crippen molar-refractivity contribution in [1.82, 2.24) is 12.3 Å². The van der Waals surface area contributed by atoms with Crippen molar-refractivity contribution in [1.29, 1.82) is 0 Å². The predicted octanol–water partition coefficient (Wildman–Crippen LogP) is 25.1. The SMILES string of the molecule is C.C.C.C.C.C.C.C.C.C.C.C.C.C.C.C.C.C.C.C.C.C.C.C.C.C.C.C.C.C.C.C.C.C.C.C.C.C.C.[2H]N.[2H]N. The van der Waals surface area contributed by atoms with Gasteiger partial charge >= 0.3 is 0 Å². The monoisotopic (exact) mass is 661 g/mol. The summed E-state index contributed by atoms with van der Waals surface area (Å²) in [5.74, 6) is 0. The topological polar surface area (TPSA) is 70.0 Å². The lowest BCUT2D eigenvalue weighted by atomic mass is 12.0. The Morgan fingerprint density at radius 3 is 0.0976 bits per heavy atom. The molecule has 0 aromatic heterocycles.